The van der Waals surface area contributed by atoms with Crippen LogP contribution in [0.3, 0.4) is 0 Å². The van der Waals surface area contributed by atoms with Crippen molar-refractivity contribution >= 4 is 11.6 Å². The molecule has 1 amide bonds. The van der Waals surface area contributed by atoms with Gasteiger partial charge in [0.25, 0.3) is 11.5 Å². The number of nitrogens with zero attached hydrogens (tertiary/aromatic N) is 2. The zero-order valence-electron chi connectivity index (χ0n) is 15.8. The second kappa shape index (κ2) is 8.04. The molecule has 0 aliphatic heterocycles. The highest BCUT2D eigenvalue weighted by Crippen LogP contribution is 2.17. The maximum Gasteiger partial charge on any atom is 0.271 e. The number of carbonyl (C=O) groups excluding carboxylic acids is 1. The fourth-order valence-corrected chi connectivity index (χ4v) is 2.56. The van der Waals surface area contributed by atoms with Crippen molar-refractivity contribution < 1.29 is 13.9 Å². The Labute approximate surface area is 161 Å². The Balaban J connectivity index is 1.76. The zero-order valence-corrected chi connectivity index (χ0v) is 15.8. The average molecular weight is 381 g/mol. The van der Waals surface area contributed by atoms with E-state index in [-0.39, 0.29) is 11.8 Å². The second-order valence-corrected chi connectivity index (χ2v) is 6.47. The molecule has 0 radical (unpaired) electrons. The van der Waals surface area contributed by atoms with Crippen LogP contribution in [0.1, 0.15) is 18.1 Å². The molecule has 1 aromatic heterocycles. The van der Waals surface area contributed by atoms with Crippen molar-refractivity contribution in [1.82, 2.24) is 9.78 Å². The van der Waals surface area contributed by atoms with E-state index in [0.717, 1.165) is 15.8 Å². The second-order valence-electron chi connectivity index (χ2n) is 6.47. The first-order valence-electron chi connectivity index (χ1n) is 8.74. The van der Waals surface area contributed by atoms with E-state index in [1.165, 1.54) is 36.4 Å². The zero-order chi connectivity index (χ0) is 20.3. The van der Waals surface area contributed by atoms with Gasteiger partial charge in [0, 0.05) is 17.8 Å². The Hall–Kier alpha value is -3.48. The minimum Gasteiger partial charge on any atom is -0.463 e. The van der Waals surface area contributed by atoms with Crippen molar-refractivity contribution in [3.8, 4) is 11.6 Å². The fraction of sp³-hybridized carbons (Fsp3) is 0.190. The van der Waals surface area contributed by atoms with Crippen LogP contribution >= 0.6 is 0 Å². The highest BCUT2D eigenvalue weighted by Gasteiger charge is 2.17. The highest BCUT2D eigenvalue weighted by molar-refractivity contribution is 5.94. The molecule has 0 spiro atoms. The van der Waals surface area contributed by atoms with Crippen LogP contribution in [-0.2, 0) is 4.79 Å². The van der Waals surface area contributed by atoms with Crippen LogP contribution < -0.4 is 15.6 Å². The first kappa shape index (κ1) is 19.3. The lowest BCUT2D eigenvalue weighted by Gasteiger charge is -2.16. The number of aryl methyl sites for hydroxylation is 2. The third kappa shape index (κ3) is 4.43. The first-order chi connectivity index (χ1) is 13.3. The number of hydrogen-bond donors (Lipinski definition) is 1. The molecule has 7 heteroatoms. The van der Waals surface area contributed by atoms with E-state index in [1.807, 2.05) is 32.0 Å². The molecule has 1 N–H and O–H groups in total. The number of rotatable bonds is 5. The molecule has 0 saturated heterocycles. The molecule has 0 unspecified atom stereocenters. The lowest BCUT2D eigenvalue weighted by molar-refractivity contribution is -0.122. The van der Waals surface area contributed by atoms with Gasteiger partial charge in [-0.1, -0.05) is 12.1 Å². The number of anilines is 1. The summed E-state index contributed by atoms with van der Waals surface area (Å²) in [5.74, 6) is -0.650. The minimum absolute atomic E-state index is 0.104. The number of aromatic nitrogens is 2. The quantitative estimate of drug-likeness (QED) is 0.735. The SMILES string of the molecule is Cc1ccc(C)c(NC(=O)[C@@H](C)Oc2ccc(=O)n(-c3ccc(F)cc3)n2)c1. The van der Waals surface area contributed by atoms with Crippen molar-refractivity contribution in [2.75, 3.05) is 5.32 Å². The lowest BCUT2D eigenvalue weighted by Crippen LogP contribution is -2.31. The number of ether oxygens (including phenoxy) is 1. The van der Waals surface area contributed by atoms with E-state index >= 15 is 0 Å². The summed E-state index contributed by atoms with van der Waals surface area (Å²) in [7, 11) is 0. The van der Waals surface area contributed by atoms with Gasteiger partial charge >= 0.3 is 0 Å². The molecule has 2 aromatic carbocycles. The van der Waals surface area contributed by atoms with Crippen molar-refractivity contribution in [2.45, 2.75) is 26.9 Å². The van der Waals surface area contributed by atoms with Crippen LogP contribution in [0.4, 0.5) is 10.1 Å². The molecule has 0 fully saturated rings. The number of benzene rings is 2. The van der Waals surface area contributed by atoms with E-state index in [1.54, 1.807) is 6.92 Å². The van der Waals surface area contributed by atoms with Gasteiger partial charge in [-0.05, 0) is 62.2 Å². The summed E-state index contributed by atoms with van der Waals surface area (Å²) >= 11 is 0. The van der Waals surface area contributed by atoms with Crippen molar-refractivity contribution in [3.05, 3.63) is 81.9 Å². The Bertz CT molecular complexity index is 1060. The van der Waals surface area contributed by atoms with Gasteiger partial charge in [-0.3, -0.25) is 9.59 Å². The van der Waals surface area contributed by atoms with Crippen LogP contribution in [0, 0.1) is 19.7 Å². The standard InChI is InChI=1S/C21H20FN3O3/c1-13-4-5-14(2)18(12-13)23-21(27)15(3)28-19-10-11-20(26)25(24-19)17-8-6-16(22)7-9-17/h4-12,15H,1-3H3,(H,23,27)/t15-/m1/s1. The number of carbonyl (C=O) groups is 1. The lowest BCUT2D eigenvalue weighted by atomic mass is 10.1. The summed E-state index contributed by atoms with van der Waals surface area (Å²) in [6.45, 7) is 5.44. The van der Waals surface area contributed by atoms with Crippen LogP contribution in [0.2, 0.25) is 0 Å². The third-order valence-corrected chi connectivity index (χ3v) is 4.16. The summed E-state index contributed by atoms with van der Waals surface area (Å²) in [6.07, 6.45) is -0.841. The number of amides is 1. The van der Waals surface area contributed by atoms with Gasteiger partial charge in [0.05, 0.1) is 5.69 Å². The molecule has 28 heavy (non-hydrogen) atoms. The van der Waals surface area contributed by atoms with E-state index in [9.17, 15) is 14.0 Å². The molecule has 1 atom stereocenters. The van der Waals surface area contributed by atoms with Crippen LogP contribution in [0.15, 0.2) is 59.4 Å². The molecule has 0 saturated carbocycles. The molecule has 0 aliphatic rings. The summed E-state index contributed by atoms with van der Waals surface area (Å²) in [6, 6.07) is 13.8. The third-order valence-electron chi connectivity index (χ3n) is 4.16. The van der Waals surface area contributed by atoms with Gasteiger partial charge in [-0.15, -0.1) is 5.10 Å². The monoisotopic (exact) mass is 381 g/mol. The normalized spacial score (nSPS) is 11.7. The number of halogens is 1. The molecule has 6 nitrogen and oxygen atoms in total. The van der Waals surface area contributed by atoms with Crippen molar-refractivity contribution in [1.29, 1.82) is 0 Å². The van der Waals surface area contributed by atoms with Gasteiger partial charge in [-0.25, -0.2) is 4.39 Å². The molecule has 3 rings (SSSR count). The van der Waals surface area contributed by atoms with E-state index in [0.29, 0.717) is 11.4 Å². The van der Waals surface area contributed by atoms with Gasteiger partial charge in [0.1, 0.15) is 5.82 Å². The molecule has 0 aliphatic carbocycles. The largest absolute Gasteiger partial charge is 0.463 e. The van der Waals surface area contributed by atoms with Gasteiger partial charge in [0.2, 0.25) is 5.88 Å². The summed E-state index contributed by atoms with van der Waals surface area (Å²) < 4.78 is 19.8. The molecule has 1 heterocycles. The van der Waals surface area contributed by atoms with Crippen molar-refractivity contribution in [3.63, 3.8) is 0 Å². The number of nitrogens with one attached hydrogen (secondary N) is 1. The smallest absolute Gasteiger partial charge is 0.271 e. The Morgan fingerprint density at radius 1 is 1.11 bits per heavy atom. The molecule has 144 valence electrons. The maximum absolute atomic E-state index is 13.1. The van der Waals surface area contributed by atoms with E-state index in [4.69, 9.17) is 4.74 Å². The average Bonchev–Trinajstić information content (AvgIpc) is 2.67. The van der Waals surface area contributed by atoms with Gasteiger partial charge in [0.15, 0.2) is 6.10 Å². The fourth-order valence-electron chi connectivity index (χ4n) is 2.56. The molecular formula is C21H20FN3O3. The van der Waals surface area contributed by atoms with E-state index in [2.05, 4.69) is 10.4 Å². The molecular weight excluding hydrogens is 361 g/mol. The van der Waals surface area contributed by atoms with Crippen LogP contribution in [-0.4, -0.2) is 21.8 Å². The minimum atomic E-state index is -0.841. The molecule has 3 aromatic rings. The summed E-state index contributed by atoms with van der Waals surface area (Å²) in [5.41, 5.74) is 2.68. The topological polar surface area (TPSA) is 73.2 Å². The highest BCUT2D eigenvalue weighted by atomic mass is 19.1. The number of hydrogen-bond acceptors (Lipinski definition) is 4. The Morgan fingerprint density at radius 2 is 1.82 bits per heavy atom. The predicted molar refractivity (Wildman–Crippen MR) is 104 cm³/mol. The van der Waals surface area contributed by atoms with Gasteiger partial charge in [-0.2, -0.15) is 4.68 Å². The molecule has 0 bridgehead atoms. The Kier molecular flexibility index (Phi) is 5.54. The first-order valence-corrected chi connectivity index (χ1v) is 8.74. The van der Waals surface area contributed by atoms with Crippen LogP contribution in [0.25, 0.3) is 5.69 Å². The van der Waals surface area contributed by atoms with E-state index < -0.39 is 17.5 Å². The maximum atomic E-state index is 13.1. The summed E-state index contributed by atoms with van der Waals surface area (Å²) in [5, 5.41) is 6.95. The van der Waals surface area contributed by atoms with Crippen LogP contribution in [0.5, 0.6) is 5.88 Å². The Morgan fingerprint density at radius 3 is 2.54 bits per heavy atom. The van der Waals surface area contributed by atoms with Crippen molar-refractivity contribution in [2.24, 2.45) is 0 Å². The van der Waals surface area contributed by atoms with Gasteiger partial charge < -0.3 is 10.1 Å². The summed E-state index contributed by atoms with van der Waals surface area (Å²) in [4.78, 5) is 24.5. The predicted octanol–water partition coefficient (Wildman–Crippen LogP) is 3.39.